The Hall–Kier alpha value is -1.36. The Morgan fingerprint density at radius 2 is 2.21 bits per heavy atom. The van der Waals surface area contributed by atoms with Crippen LogP contribution in [0.5, 0.6) is 11.5 Å². The molecule has 0 aromatic heterocycles. The molecule has 1 aromatic carbocycles. The minimum Gasteiger partial charge on any atom is -0.504 e. The number of phenolic OH excluding ortho intramolecular Hbond substituents is 1. The summed E-state index contributed by atoms with van der Waals surface area (Å²) in [5.74, 6) is -0.828. The van der Waals surface area contributed by atoms with Crippen molar-refractivity contribution in [2.45, 2.75) is 5.25 Å². The van der Waals surface area contributed by atoms with Gasteiger partial charge in [-0.3, -0.25) is 4.79 Å². The average Bonchev–Trinajstić information content (AvgIpc) is 2.17. The fourth-order valence-electron chi connectivity index (χ4n) is 1.01. The first-order valence-electron chi connectivity index (χ1n) is 3.84. The van der Waals surface area contributed by atoms with Gasteiger partial charge in [-0.25, -0.2) is 0 Å². The second-order valence-corrected chi connectivity index (χ2v) is 3.19. The van der Waals surface area contributed by atoms with Gasteiger partial charge in [-0.2, -0.15) is 12.6 Å². The van der Waals surface area contributed by atoms with Crippen molar-refractivity contribution in [3.63, 3.8) is 0 Å². The molecule has 0 saturated heterocycles. The molecule has 5 heteroatoms. The van der Waals surface area contributed by atoms with E-state index in [1.807, 2.05) is 0 Å². The summed E-state index contributed by atoms with van der Waals surface area (Å²) in [5, 5.41) is 17.0. The highest BCUT2D eigenvalue weighted by molar-refractivity contribution is 7.81. The van der Waals surface area contributed by atoms with Crippen LogP contribution in [0.1, 0.15) is 10.8 Å². The van der Waals surface area contributed by atoms with E-state index < -0.39 is 11.2 Å². The lowest BCUT2D eigenvalue weighted by Crippen LogP contribution is -2.04. The standard InChI is InChI=1S/C9H10O4S/c1-13-7-4-5(2-3-6(7)10)8(14)9(11)12/h2-4,8,10,14H,1H3,(H,11,12). The molecule has 1 unspecified atom stereocenters. The number of thiol groups is 1. The topological polar surface area (TPSA) is 66.8 Å². The molecular formula is C9H10O4S. The monoisotopic (exact) mass is 214 g/mol. The predicted octanol–water partition coefficient (Wildman–Crippen LogP) is 1.46. The molecule has 0 aliphatic rings. The molecule has 0 heterocycles. The third-order valence-electron chi connectivity index (χ3n) is 1.75. The van der Waals surface area contributed by atoms with Gasteiger partial charge in [-0.05, 0) is 17.7 Å². The number of rotatable bonds is 3. The SMILES string of the molecule is COc1cc(C(S)C(=O)O)ccc1O. The second kappa shape index (κ2) is 4.23. The zero-order valence-corrected chi connectivity index (χ0v) is 8.36. The highest BCUT2D eigenvalue weighted by Crippen LogP contribution is 2.30. The van der Waals surface area contributed by atoms with Crippen LogP contribution in [0.4, 0.5) is 0 Å². The Bertz CT molecular complexity index is 351. The van der Waals surface area contributed by atoms with E-state index in [9.17, 15) is 9.90 Å². The molecule has 0 radical (unpaired) electrons. The van der Waals surface area contributed by atoms with Gasteiger partial charge in [0.15, 0.2) is 11.5 Å². The van der Waals surface area contributed by atoms with Crippen LogP contribution in [-0.4, -0.2) is 23.3 Å². The Labute approximate surface area is 86.5 Å². The molecule has 2 N–H and O–H groups in total. The number of phenols is 1. The average molecular weight is 214 g/mol. The summed E-state index contributed by atoms with van der Waals surface area (Å²) in [6.07, 6.45) is 0. The molecule has 0 bridgehead atoms. The van der Waals surface area contributed by atoms with E-state index >= 15 is 0 Å². The van der Waals surface area contributed by atoms with E-state index in [0.717, 1.165) is 0 Å². The fourth-order valence-corrected chi connectivity index (χ4v) is 1.17. The van der Waals surface area contributed by atoms with Crippen molar-refractivity contribution >= 4 is 18.6 Å². The number of hydrogen-bond acceptors (Lipinski definition) is 4. The Balaban J connectivity index is 3.06. The molecule has 1 atom stereocenters. The van der Waals surface area contributed by atoms with Crippen LogP contribution in [0.3, 0.4) is 0 Å². The normalized spacial score (nSPS) is 12.1. The van der Waals surface area contributed by atoms with Crippen molar-refractivity contribution in [2.24, 2.45) is 0 Å². The number of aromatic hydroxyl groups is 1. The predicted molar refractivity (Wildman–Crippen MR) is 54.0 cm³/mol. The highest BCUT2D eigenvalue weighted by atomic mass is 32.1. The van der Waals surface area contributed by atoms with Gasteiger partial charge in [0.05, 0.1) is 7.11 Å². The molecule has 0 aliphatic carbocycles. The van der Waals surface area contributed by atoms with Gasteiger partial charge in [-0.1, -0.05) is 6.07 Å². The van der Waals surface area contributed by atoms with Gasteiger partial charge in [0.1, 0.15) is 5.25 Å². The van der Waals surface area contributed by atoms with Gasteiger partial charge < -0.3 is 14.9 Å². The number of aliphatic carboxylic acids is 1. The van der Waals surface area contributed by atoms with Gasteiger partial charge >= 0.3 is 5.97 Å². The maximum Gasteiger partial charge on any atom is 0.320 e. The summed E-state index contributed by atoms with van der Waals surface area (Å²) in [7, 11) is 1.40. The molecule has 4 nitrogen and oxygen atoms in total. The van der Waals surface area contributed by atoms with Crippen molar-refractivity contribution in [2.75, 3.05) is 7.11 Å². The van der Waals surface area contributed by atoms with E-state index in [0.29, 0.717) is 5.56 Å². The van der Waals surface area contributed by atoms with Gasteiger partial charge in [-0.15, -0.1) is 0 Å². The van der Waals surface area contributed by atoms with Crippen molar-refractivity contribution in [1.82, 2.24) is 0 Å². The van der Waals surface area contributed by atoms with E-state index in [-0.39, 0.29) is 11.5 Å². The number of carboxylic acid groups (broad SMARTS) is 1. The summed E-state index contributed by atoms with van der Waals surface area (Å²) in [5.41, 5.74) is 0.468. The lowest BCUT2D eigenvalue weighted by atomic mass is 10.1. The Morgan fingerprint density at radius 1 is 1.57 bits per heavy atom. The molecule has 0 spiro atoms. The van der Waals surface area contributed by atoms with Crippen molar-refractivity contribution in [1.29, 1.82) is 0 Å². The fraction of sp³-hybridized carbons (Fsp3) is 0.222. The Kier molecular flexibility index (Phi) is 3.24. The first-order valence-corrected chi connectivity index (χ1v) is 4.35. The summed E-state index contributed by atoms with van der Waals surface area (Å²) in [4.78, 5) is 10.6. The van der Waals surface area contributed by atoms with E-state index in [2.05, 4.69) is 12.6 Å². The van der Waals surface area contributed by atoms with Crippen LogP contribution in [0.2, 0.25) is 0 Å². The highest BCUT2D eigenvalue weighted by Gasteiger charge is 2.16. The molecule has 14 heavy (non-hydrogen) atoms. The third kappa shape index (κ3) is 2.11. The number of hydrogen-bond donors (Lipinski definition) is 3. The van der Waals surface area contributed by atoms with Crippen LogP contribution in [-0.2, 0) is 4.79 Å². The minimum atomic E-state index is -1.04. The van der Waals surface area contributed by atoms with Crippen LogP contribution < -0.4 is 4.74 Å². The van der Waals surface area contributed by atoms with E-state index in [1.165, 1.54) is 25.3 Å². The summed E-state index contributed by atoms with van der Waals surface area (Å²) < 4.78 is 4.84. The maximum atomic E-state index is 10.6. The number of benzene rings is 1. The second-order valence-electron chi connectivity index (χ2n) is 2.67. The number of ether oxygens (including phenoxy) is 1. The first kappa shape index (κ1) is 10.7. The van der Waals surface area contributed by atoms with Gasteiger partial charge in [0.2, 0.25) is 0 Å². The summed E-state index contributed by atoms with van der Waals surface area (Å²) in [6, 6.07) is 4.31. The third-order valence-corrected chi connectivity index (χ3v) is 2.27. The van der Waals surface area contributed by atoms with Crippen molar-refractivity contribution < 1.29 is 19.7 Å². The lowest BCUT2D eigenvalue weighted by Gasteiger charge is -2.08. The van der Waals surface area contributed by atoms with Gasteiger partial charge in [0, 0.05) is 0 Å². The van der Waals surface area contributed by atoms with Crippen molar-refractivity contribution in [3.8, 4) is 11.5 Å². The van der Waals surface area contributed by atoms with Crippen LogP contribution in [0.15, 0.2) is 18.2 Å². The van der Waals surface area contributed by atoms with E-state index in [4.69, 9.17) is 9.84 Å². The first-order chi connectivity index (χ1) is 6.56. The molecule has 0 aliphatic heterocycles. The largest absolute Gasteiger partial charge is 0.504 e. The molecule has 0 saturated carbocycles. The van der Waals surface area contributed by atoms with Crippen LogP contribution in [0.25, 0.3) is 0 Å². The van der Waals surface area contributed by atoms with Crippen LogP contribution in [0, 0.1) is 0 Å². The molecule has 76 valence electrons. The molecular weight excluding hydrogens is 204 g/mol. The van der Waals surface area contributed by atoms with Crippen LogP contribution >= 0.6 is 12.6 Å². The Morgan fingerprint density at radius 3 is 2.71 bits per heavy atom. The quantitative estimate of drug-likeness (QED) is 0.666. The molecule has 0 fully saturated rings. The van der Waals surface area contributed by atoms with E-state index in [1.54, 1.807) is 0 Å². The zero-order chi connectivity index (χ0) is 10.7. The minimum absolute atomic E-state index is 0.0258. The lowest BCUT2D eigenvalue weighted by molar-refractivity contribution is -0.136. The molecule has 1 rings (SSSR count). The maximum absolute atomic E-state index is 10.6. The van der Waals surface area contributed by atoms with Crippen molar-refractivity contribution in [3.05, 3.63) is 23.8 Å². The number of carbonyl (C=O) groups is 1. The molecule has 1 aromatic rings. The smallest absolute Gasteiger partial charge is 0.320 e. The summed E-state index contributed by atoms with van der Waals surface area (Å²) >= 11 is 3.90. The number of carboxylic acids is 1. The summed E-state index contributed by atoms with van der Waals surface area (Å²) in [6.45, 7) is 0. The number of methoxy groups -OCH3 is 1. The van der Waals surface area contributed by atoms with Gasteiger partial charge in [0.25, 0.3) is 0 Å². The zero-order valence-electron chi connectivity index (χ0n) is 7.47. The molecule has 0 amide bonds.